The van der Waals surface area contributed by atoms with E-state index in [0.29, 0.717) is 16.9 Å². The van der Waals surface area contributed by atoms with Crippen molar-refractivity contribution >= 4 is 56.8 Å². The Morgan fingerprint density at radius 1 is 0.623 bits per heavy atom. The molecule has 0 aliphatic heterocycles. The summed E-state index contributed by atoms with van der Waals surface area (Å²) in [5, 5.41) is 16.0. The van der Waals surface area contributed by atoms with Crippen LogP contribution in [0.4, 0.5) is 10.3 Å². The highest BCUT2D eigenvalue weighted by Gasteiger charge is 2.24. The van der Waals surface area contributed by atoms with Gasteiger partial charge < -0.3 is 25.6 Å². The molecule has 6 aromatic rings. The highest BCUT2D eigenvalue weighted by molar-refractivity contribution is 7.14. The van der Waals surface area contributed by atoms with Crippen molar-refractivity contribution in [1.82, 2.24) is 9.97 Å². The summed E-state index contributed by atoms with van der Waals surface area (Å²) < 4.78 is 9.62. The number of carbonyl (C=O) groups excluding carboxylic acids is 3. The van der Waals surface area contributed by atoms with E-state index in [-0.39, 0.29) is 23.9 Å². The Bertz CT molecular complexity index is 1960. The van der Waals surface area contributed by atoms with Crippen LogP contribution >= 0.6 is 22.7 Å². The van der Waals surface area contributed by atoms with Gasteiger partial charge in [0.15, 0.2) is 21.7 Å². The third-order valence-corrected chi connectivity index (χ3v) is 8.70. The Morgan fingerprint density at radius 3 is 1.36 bits per heavy atom. The number of thiazole rings is 2. The Balaban J connectivity index is 0.000000197. The number of hydrogen-bond donors (Lipinski definition) is 3. The van der Waals surface area contributed by atoms with Gasteiger partial charge in [-0.1, -0.05) is 121 Å². The molecule has 0 fully saturated rings. The van der Waals surface area contributed by atoms with Gasteiger partial charge in [0.2, 0.25) is 5.91 Å². The second kappa shape index (κ2) is 20.6. The number of nitrogens with zero attached hydrogens (tertiary/aromatic N) is 2. The Morgan fingerprint density at radius 2 is 1.00 bits per heavy atom. The third-order valence-electron chi connectivity index (χ3n) is 7.27. The van der Waals surface area contributed by atoms with Gasteiger partial charge in [-0.2, -0.15) is 0 Å². The van der Waals surface area contributed by atoms with Gasteiger partial charge in [-0.05, 0) is 36.1 Å². The monoisotopic (exact) mass is 750 g/mol. The van der Waals surface area contributed by atoms with Crippen molar-refractivity contribution in [3.8, 4) is 0 Å². The zero-order chi connectivity index (χ0) is 38.0. The number of benzene rings is 4. The fraction of sp³-hybridized carbons (Fsp3) is 0.150. The average Bonchev–Trinajstić information content (AvgIpc) is 3.83. The number of anilines is 2. The number of aliphatic carboxylic acids is 1. The van der Waals surface area contributed by atoms with E-state index in [9.17, 15) is 24.3 Å². The fourth-order valence-electron chi connectivity index (χ4n) is 4.95. The summed E-state index contributed by atoms with van der Waals surface area (Å²) >= 11 is 2.42. The van der Waals surface area contributed by atoms with Crippen molar-refractivity contribution < 1.29 is 33.8 Å². The maximum Gasteiger partial charge on any atom is 0.357 e. The van der Waals surface area contributed by atoms with Crippen molar-refractivity contribution in [1.29, 1.82) is 0 Å². The van der Waals surface area contributed by atoms with Gasteiger partial charge >= 0.3 is 17.9 Å². The van der Waals surface area contributed by atoms with Gasteiger partial charge in [0, 0.05) is 10.8 Å². The van der Waals surface area contributed by atoms with Crippen LogP contribution in [0.5, 0.6) is 0 Å². The van der Waals surface area contributed by atoms with Gasteiger partial charge in [-0.15, -0.1) is 22.7 Å². The minimum Gasteiger partial charge on any atom is -0.481 e. The van der Waals surface area contributed by atoms with Crippen molar-refractivity contribution in [3.63, 3.8) is 0 Å². The molecule has 0 unspecified atom stereocenters. The molecule has 0 saturated carbocycles. The number of nitrogen functional groups attached to an aromatic ring is 1. The van der Waals surface area contributed by atoms with Gasteiger partial charge in [-0.3, -0.25) is 9.59 Å². The van der Waals surface area contributed by atoms with Crippen LogP contribution in [0.15, 0.2) is 132 Å². The first kappa shape index (κ1) is 39.6. The van der Waals surface area contributed by atoms with Crippen LogP contribution in [-0.4, -0.2) is 52.1 Å². The lowest BCUT2D eigenvalue weighted by Gasteiger charge is -2.17. The Labute approximate surface area is 315 Å². The molecule has 0 bridgehead atoms. The molecular weight excluding hydrogens is 713 g/mol. The second-order valence-corrected chi connectivity index (χ2v) is 12.6. The molecule has 272 valence electrons. The van der Waals surface area contributed by atoms with Crippen molar-refractivity contribution in [2.24, 2.45) is 0 Å². The number of amides is 1. The Hall–Kier alpha value is -6.18. The number of nitrogens with one attached hydrogen (secondary N) is 1. The minimum absolute atomic E-state index is 0.197. The van der Waals surface area contributed by atoms with E-state index in [2.05, 4.69) is 15.3 Å². The molecule has 2 heterocycles. The number of carboxylic acid groups (broad SMARTS) is 1. The molecule has 4 N–H and O–H groups in total. The van der Waals surface area contributed by atoms with Crippen LogP contribution in [0.1, 0.15) is 68.9 Å². The standard InChI is InChI=1S/C20H18N2O3S.C14H12O2.C6H8N2O2S/c1-2-25-19(24)16-13-26-20(21-16)22-18(23)17(14-9-5-3-6-10-14)15-11-7-4-8-12-15;15-14(16)13(11-7-3-1-4-8-11)12-9-5-2-6-10-12;1-2-10-5(9)4-3-11-6(7)8-4/h3-13,17H,2H2,1H3,(H,21,22,23);1-10,13H,(H,15,16);3H,2H2,1H3,(H2,7,8). The van der Waals surface area contributed by atoms with E-state index >= 15 is 0 Å². The molecule has 0 spiro atoms. The zero-order valence-corrected chi connectivity index (χ0v) is 30.6. The fourth-order valence-corrected chi connectivity index (χ4v) is 6.16. The summed E-state index contributed by atoms with van der Waals surface area (Å²) in [4.78, 5) is 54.8. The van der Waals surface area contributed by atoms with E-state index in [1.165, 1.54) is 22.7 Å². The first-order chi connectivity index (χ1) is 25.7. The number of nitrogens with two attached hydrogens (primary N) is 1. The lowest BCUT2D eigenvalue weighted by Crippen LogP contribution is -2.22. The summed E-state index contributed by atoms with van der Waals surface area (Å²) in [5.74, 6) is -2.98. The van der Waals surface area contributed by atoms with Gasteiger partial charge in [-0.25, -0.2) is 19.6 Å². The quantitative estimate of drug-likeness (QED) is 0.111. The lowest BCUT2D eigenvalue weighted by molar-refractivity contribution is -0.137. The first-order valence-corrected chi connectivity index (χ1v) is 18.2. The molecule has 0 saturated heterocycles. The zero-order valence-electron chi connectivity index (χ0n) is 29.0. The number of rotatable bonds is 11. The molecule has 0 aliphatic rings. The summed E-state index contributed by atoms with van der Waals surface area (Å²) in [7, 11) is 0. The molecule has 0 aliphatic carbocycles. The van der Waals surface area contributed by atoms with Crippen LogP contribution in [0.3, 0.4) is 0 Å². The average molecular weight is 751 g/mol. The number of carbonyl (C=O) groups is 4. The number of esters is 2. The minimum atomic E-state index is -0.822. The highest BCUT2D eigenvalue weighted by atomic mass is 32.1. The maximum atomic E-state index is 13.0. The maximum absolute atomic E-state index is 13.0. The summed E-state index contributed by atoms with van der Waals surface area (Å²) in [6.45, 7) is 4.11. The number of aromatic nitrogens is 2. The second-order valence-electron chi connectivity index (χ2n) is 10.9. The normalized spacial score (nSPS) is 10.3. The molecule has 13 heteroatoms. The first-order valence-electron chi connectivity index (χ1n) is 16.5. The van der Waals surface area contributed by atoms with Crippen LogP contribution in [0.25, 0.3) is 0 Å². The van der Waals surface area contributed by atoms with Crippen molar-refractivity contribution in [3.05, 3.63) is 166 Å². The molecule has 4 aromatic carbocycles. The van der Waals surface area contributed by atoms with Crippen LogP contribution in [-0.2, 0) is 19.1 Å². The van der Waals surface area contributed by atoms with Crippen molar-refractivity contribution in [2.75, 3.05) is 24.3 Å². The van der Waals surface area contributed by atoms with Crippen LogP contribution in [0.2, 0.25) is 0 Å². The number of hydrogen-bond acceptors (Lipinski definition) is 11. The van der Waals surface area contributed by atoms with E-state index in [1.54, 1.807) is 24.6 Å². The summed E-state index contributed by atoms with van der Waals surface area (Å²) in [5.41, 5.74) is 9.18. The Kier molecular flexibility index (Phi) is 15.4. The molecule has 11 nitrogen and oxygen atoms in total. The SMILES string of the molecule is CCOC(=O)c1csc(N)n1.CCOC(=O)c1csc(NC(=O)C(c2ccccc2)c2ccccc2)n1.O=C(O)C(c1ccccc1)c1ccccc1. The van der Waals surface area contributed by atoms with Gasteiger partial charge in [0.1, 0.15) is 5.92 Å². The summed E-state index contributed by atoms with van der Waals surface area (Å²) in [6, 6.07) is 37.7. The molecule has 0 radical (unpaired) electrons. The highest BCUT2D eigenvalue weighted by Crippen LogP contribution is 2.28. The smallest absolute Gasteiger partial charge is 0.357 e. The molecule has 1 amide bonds. The van der Waals surface area contributed by atoms with Crippen molar-refractivity contribution in [2.45, 2.75) is 25.7 Å². The van der Waals surface area contributed by atoms with E-state index in [1.807, 2.05) is 121 Å². The predicted octanol–water partition coefficient (Wildman–Crippen LogP) is 7.90. The lowest BCUT2D eigenvalue weighted by atomic mass is 9.90. The molecule has 2 aromatic heterocycles. The largest absolute Gasteiger partial charge is 0.481 e. The molecule has 0 atom stereocenters. The third kappa shape index (κ3) is 11.9. The van der Waals surface area contributed by atoms with Gasteiger partial charge in [0.05, 0.1) is 19.1 Å². The number of ether oxygens (including phenoxy) is 2. The van der Waals surface area contributed by atoms with E-state index in [0.717, 1.165) is 22.3 Å². The van der Waals surface area contributed by atoms with Crippen LogP contribution < -0.4 is 11.1 Å². The molecular formula is C40H38N4O7S2. The number of carboxylic acids is 1. The topological polar surface area (TPSA) is 171 Å². The van der Waals surface area contributed by atoms with E-state index in [4.69, 9.17) is 15.2 Å². The molecule has 53 heavy (non-hydrogen) atoms. The summed E-state index contributed by atoms with van der Waals surface area (Å²) in [6.07, 6.45) is 0. The predicted molar refractivity (Wildman–Crippen MR) is 206 cm³/mol. The van der Waals surface area contributed by atoms with Gasteiger partial charge in [0.25, 0.3) is 0 Å². The van der Waals surface area contributed by atoms with E-state index < -0.39 is 29.7 Å². The molecule has 6 rings (SSSR count). The van der Waals surface area contributed by atoms with Crippen LogP contribution in [0, 0.1) is 0 Å².